The summed E-state index contributed by atoms with van der Waals surface area (Å²) in [6, 6.07) is 13.0. The Morgan fingerprint density at radius 2 is 1.82 bits per heavy atom. The SMILES string of the molecule is COc1cc(-c2c(C)cccc2C)nc(NS(=O)(=O)c2cccc(C(O)N(F)CCC3CCOCC3)c2)n1. The second-order valence-electron chi connectivity index (χ2n) is 9.41. The number of methoxy groups -OCH3 is 1. The summed E-state index contributed by atoms with van der Waals surface area (Å²) in [6.45, 7) is 5.23. The minimum Gasteiger partial charge on any atom is -0.481 e. The fraction of sp³-hybridized carbons (Fsp3) is 0.407. The summed E-state index contributed by atoms with van der Waals surface area (Å²) in [7, 11) is -2.73. The molecule has 4 rings (SSSR count). The Balaban J connectivity index is 1.53. The molecule has 1 aromatic heterocycles. The summed E-state index contributed by atoms with van der Waals surface area (Å²) < 4.78 is 54.2. The predicted molar refractivity (Wildman–Crippen MR) is 142 cm³/mol. The first kappa shape index (κ1) is 27.9. The molecule has 0 bridgehead atoms. The highest BCUT2D eigenvalue weighted by atomic mass is 32.2. The zero-order valence-corrected chi connectivity index (χ0v) is 22.5. The lowest BCUT2D eigenvalue weighted by molar-refractivity contribution is -0.129. The summed E-state index contributed by atoms with van der Waals surface area (Å²) in [4.78, 5) is 8.42. The maximum Gasteiger partial charge on any atom is 0.264 e. The fourth-order valence-corrected chi connectivity index (χ4v) is 5.57. The van der Waals surface area contributed by atoms with Crippen molar-refractivity contribution in [1.29, 1.82) is 0 Å². The molecule has 1 aliphatic rings. The van der Waals surface area contributed by atoms with E-state index in [1.54, 1.807) is 6.07 Å². The van der Waals surface area contributed by atoms with Gasteiger partial charge in [-0.15, -0.1) is 9.60 Å². The van der Waals surface area contributed by atoms with Gasteiger partial charge in [0.25, 0.3) is 10.0 Å². The molecule has 1 atom stereocenters. The van der Waals surface area contributed by atoms with Crippen molar-refractivity contribution >= 4 is 16.0 Å². The number of rotatable bonds is 10. The van der Waals surface area contributed by atoms with Gasteiger partial charge in [-0.3, -0.25) is 0 Å². The van der Waals surface area contributed by atoms with Crippen molar-refractivity contribution in [3.05, 3.63) is 65.2 Å². The van der Waals surface area contributed by atoms with Crippen LogP contribution in [0.4, 0.5) is 10.4 Å². The van der Waals surface area contributed by atoms with Crippen LogP contribution in [0.2, 0.25) is 0 Å². The van der Waals surface area contributed by atoms with E-state index in [2.05, 4.69) is 14.7 Å². The molecule has 9 nitrogen and oxygen atoms in total. The van der Waals surface area contributed by atoms with Gasteiger partial charge in [0.05, 0.1) is 17.7 Å². The molecule has 1 fully saturated rings. The minimum atomic E-state index is -4.17. The predicted octanol–water partition coefficient (Wildman–Crippen LogP) is 4.56. The first-order valence-electron chi connectivity index (χ1n) is 12.5. The van der Waals surface area contributed by atoms with Crippen molar-refractivity contribution in [3.63, 3.8) is 0 Å². The summed E-state index contributed by atoms with van der Waals surface area (Å²) >= 11 is 0. The number of nitrogens with zero attached hydrogens (tertiary/aromatic N) is 3. The van der Waals surface area contributed by atoms with Gasteiger partial charge in [0, 0.05) is 31.4 Å². The number of aliphatic hydroxyl groups excluding tert-OH is 1. The highest BCUT2D eigenvalue weighted by Crippen LogP contribution is 2.30. The number of nitrogens with one attached hydrogen (secondary N) is 1. The topological polar surface area (TPSA) is 114 Å². The van der Waals surface area contributed by atoms with E-state index in [4.69, 9.17) is 9.47 Å². The average molecular weight is 545 g/mol. The van der Waals surface area contributed by atoms with E-state index in [1.807, 2.05) is 32.0 Å². The van der Waals surface area contributed by atoms with Gasteiger partial charge in [0.15, 0.2) is 6.23 Å². The van der Waals surface area contributed by atoms with Crippen molar-refractivity contribution in [1.82, 2.24) is 15.1 Å². The van der Waals surface area contributed by atoms with Crippen LogP contribution >= 0.6 is 0 Å². The molecule has 1 aliphatic heterocycles. The van der Waals surface area contributed by atoms with E-state index >= 15 is 0 Å². The summed E-state index contributed by atoms with van der Waals surface area (Å²) in [5.41, 5.74) is 3.40. The van der Waals surface area contributed by atoms with E-state index in [0.29, 0.717) is 36.4 Å². The van der Waals surface area contributed by atoms with E-state index in [0.717, 1.165) is 29.5 Å². The number of aliphatic hydroxyl groups is 1. The van der Waals surface area contributed by atoms with Crippen LogP contribution in [-0.4, -0.2) is 55.5 Å². The molecule has 0 aliphatic carbocycles. The molecular weight excluding hydrogens is 511 g/mol. The number of hydrogen-bond donors (Lipinski definition) is 2. The number of ether oxygens (including phenoxy) is 2. The van der Waals surface area contributed by atoms with Gasteiger partial charge in [-0.05, 0) is 67.9 Å². The van der Waals surface area contributed by atoms with E-state index < -0.39 is 16.3 Å². The summed E-state index contributed by atoms with van der Waals surface area (Å²) in [6.07, 6.45) is 0.696. The lowest BCUT2D eigenvalue weighted by Crippen LogP contribution is -2.25. The van der Waals surface area contributed by atoms with Gasteiger partial charge in [0.2, 0.25) is 11.8 Å². The maximum atomic E-state index is 14.7. The number of benzene rings is 2. The lowest BCUT2D eigenvalue weighted by Gasteiger charge is -2.25. The third-order valence-electron chi connectivity index (χ3n) is 6.70. The molecule has 204 valence electrons. The molecule has 38 heavy (non-hydrogen) atoms. The van der Waals surface area contributed by atoms with Gasteiger partial charge in [-0.2, -0.15) is 4.98 Å². The monoisotopic (exact) mass is 544 g/mol. The van der Waals surface area contributed by atoms with Crippen LogP contribution in [0.5, 0.6) is 5.88 Å². The number of sulfonamides is 1. The molecule has 2 N–H and O–H groups in total. The van der Waals surface area contributed by atoms with Crippen molar-refractivity contribution in [2.45, 2.75) is 44.2 Å². The fourth-order valence-electron chi connectivity index (χ4n) is 4.57. The first-order valence-corrected chi connectivity index (χ1v) is 14.0. The summed E-state index contributed by atoms with van der Waals surface area (Å²) in [5.74, 6) is 0.356. The highest BCUT2D eigenvalue weighted by Gasteiger charge is 2.24. The van der Waals surface area contributed by atoms with E-state index in [-0.39, 0.29) is 28.8 Å². The van der Waals surface area contributed by atoms with Gasteiger partial charge in [-0.25, -0.2) is 18.1 Å². The molecule has 2 aromatic carbocycles. The number of halogens is 1. The van der Waals surface area contributed by atoms with Crippen LogP contribution < -0.4 is 9.46 Å². The molecule has 0 radical (unpaired) electrons. The zero-order valence-electron chi connectivity index (χ0n) is 21.7. The third kappa shape index (κ3) is 6.65. The lowest BCUT2D eigenvalue weighted by atomic mass is 9.96. The quantitative estimate of drug-likeness (QED) is 0.282. The second kappa shape index (κ2) is 12.2. The molecule has 3 aromatic rings. The van der Waals surface area contributed by atoms with Crippen LogP contribution in [0, 0.1) is 19.8 Å². The van der Waals surface area contributed by atoms with Crippen molar-refractivity contribution in [2.75, 3.05) is 31.6 Å². The van der Waals surface area contributed by atoms with Crippen molar-refractivity contribution in [3.8, 4) is 17.1 Å². The van der Waals surface area contributed by atoms with E-state index in [1.165, 1.54) is 31.4 Å². The molecule has 0 spiro atoms. The molecule has 1 unspecified atom stereocenters. The minimum absolute atomic E-state index is 0.0276. The number of aromatic nitrogens is 2. The van der Waals surface area contributed by atoms with Gasteiger partial charge < -0.3 is 14.6 Å². The smallest absolute Gasteiger partial charge is 0.264 e. The largest absolute Gasteiger partial charge is 0.481 e. The Hall–Kier alpha value is -3.12. The molecule has 2 heterocycles. The number of hydrogen-bond acceptors (Lipinski definition) is 8. The van der Waals surface area contributed by atoms with Crippen LogP contribution in [0.25, 0.3) is 11.3 Å². The Morgan fingerprint density at radius 3 is 2.50 bits per heavy atom. The second-order valence-corrected chi connectivity index (χ2v) is 11.1. The van der Waals surface area contributed by atoms with Crippen molar-refractivity contribution in [2.24, 2.45) is 5.92 Å². The Kier molecular flexibility index (Phi) is 8.93. The molecule has 11 heteroatoms. The Bertz CT molecular complexity index is 1350. The van der Waals surface area contributed by atoms with Crippen LogP contribution in [-0.2, 0) is 14.8 Å². The Labute approximate surface area is 222 Å². The number of anilines is 1. The number of aryl methyl sites for hydroxylation is 2. The van der Waals surface area contributed by atoms with Crippen LogP contribution in [0.1, 0.15) is 42.2 Å². The normalized spacial score (nSPS) is 15.4. The van der Waals surface area contributed by atoms with Crippen molar-refractivity contribution < 1.29 is 27.5 Å². The molecule has 0 saturated carbocycles. The standard InChI is InChI=1S/C27H33FN4O5S/c1-18-6-4-7-19(2)25(18)23-17-24(36-3)30-27(29-23)31-38(34,35)22-9-5-8-21(16-22)26(33)32(28)13-10-20-11-14-37-15-12-20/h4-9,16-17,20,26,33H,10-15H2,1-3H3,(H,29,30,31). The van der Waals surface area contributed by atoms with E-state index in [9.17, 15) is 18.0 Å². The van der Waals surface area contributed by atoms with Crippen LogP contribution in [0.3, 0.4) is 0 Å². The average Bonchev–Trinajstić information content (AvgIpc) is 2.91. The maximum absolute atomic E-state index is 14.7. The van der Waals surface area contributed by atoms with Gasteiger partial charge in [0.1, 0.15) is 0 Å². The summed E-state index contributed by atoms with van der Waals surface area (Å²) in [5, 5.41) is 10.9. The van der Waals surface area contributed by atoms with Crippen LogP contribution in [0.15, 0.2) is 53.4 Å². The van der Waals surface area contributed by atoms with Gasteiger partial charge in [-0.1, -0.05) is 30.3 Å². The Morgan fingerprint density at radius 1 is 1.13 bits per heavy atom. The van der Waals surface area contributed by atoms with Gasteiger partial charge >= 0.3 is 0 Å². The third-order valence-corrected chi connectivity index (χ3v) is 8.02. The molecule has 0 amide bonds. The highest BCUT2D eigenvalue weighted by molar-refractivity contribution is 7.92. The molecular formula is C27H33FN4O5S. The first-order chi connectivity index (χ1) is 18.2. The molecule has 1 saturated heterocycles. The zero-order chi connectivity index (χ0) is 27.3.